The first-order valence-corrected chi connectivity index (χ1v) is 5.91. The van der Waals surface area contributed by atoms with Crippen LogP contribution in [0.3, 0.4) is 0 Å². The quantitative estimate of drug-likeness (QED) is 0.480. The van der Waals surface area contributed by atoms with Gasteiger partial charge in [-0.1, -0.05) is 0 Å². The van der Waals surface area contributed by atoms with Crippen molar-refractivity contribution < 1.29 is 5.11 Å². The normalized spacial score (nSPS) is 13.1. The molecule has 1 atom stereocenters. The predicted molar refractivity (Wildman–Crippen MR) is 69.9 cm³/mol. The van der Waals surface area contributed by atoms with Gasteiger partial charge in [0.25, 0.3) is 0 Å². The number of aromatic nitrogens is 3. The van der Waals surface area contributed by atoms with E-state index in [0.29, 0.717) is 18.1 Å². The Morgan fingerprint density at radius 2 is 2.35 bits per heavy atom. The molecule has 2 aromatic heterocycles. The number of aliphatic hydroxyl groups excluding tert-OH is 1. The van der Waals surface area contributed by atoms with E-state index in [-0.39, 0.29) is 12.6 Å². The van der Waals surface area contributed by atoms with Crippen LogP contribution in [-0.2, 0) is 6.54 Å². The average molecular weight is 253 g/mol. The van der Waals surface area contributed by atoms with E-state index in [0.717, 1.165) is 16.6 Å². The van der Waals surface area contributed by atoms with Gasteiger partial charge in [0.2, 0.25) is 0 Å². The number of thiol groups is 1. The summed E-state index contributed by atoms with van der Waals surface area (Å²) < 4.78 is 0. The summed E-state index contributed by atoms with van der Waals surface area (Å²) in [6, 6.07) is -0.0255. The number of nitrogens with zero attached hydrogens (tertiary/aromatic N) is 2. The number of rotatable bonds is 5. The average Bonchev–Trinajstić information content (AvgIpc) is 2.75. The van der Waals surface area contributed by atoms with Gasteiger partial charge < -0.3 is 21.1 Å². The van der Waals surface area contributed by atoms with Crippen LogP contribution in [0.1, 0.15) is 5.56 Å². The molecule has 0 unspecified atom stereocenters. The fourth-order valence-corrected chi connectivity index (χ4v) is 1.83. The minimum absolute atomic E-state index is 0.0255. The predicted octanol–water partition coefficient (Wildman–Crippen LogP) is -0.0796. The summed E-state index contributed by atoms with van der Waals surface area (Å²) in [6.45, 7) is 0.658. The van der Waals surface area contributed by atoms with Crippen LogP contribution in [0.15, 0.2) is 12.5 Å². The maximum absolute atomic E-state index is 9.05. The first-order valence-electron chi connectivity index (χ1n) is 5.27. The van der Waals surface area contributed by atoms with Crippen molar-refractivity contribution in [3.63, 3.8) is 0 Å². The zero-order valence-corrected chi connectivity index (χ0v) is 10.1. The topological polar surface area (TPSA) is 99.8 Å². The van der Waals surface area contributed by atoms with Gasteiger partial charge in [0, 0.05) is 30.1 Å². The largest absolute Gasteiger partial charge is 0.395 e. The Morgan fingerprint density at radius 1 is 1.53 bits per heavy atom. The number of H-pyrrole nitrogens is 1. The van der Waals surface area contributed by atoms with Crippen molar-refractivity contribution in [2.24, 2.45) is 0 Å². The molecule has 2 rings (SSSR count). The van der Waals surface area contributed by atoms with E-state index < -0.39 is 0 Å². The number of aliphatic hydroxyl groups is 1. The molecule has 0 amide bonds. The number of hydrogen-bond acceptors (Lipinski definition) is 6. The smallest absolute Gasteiger partial charge is 0.151 e. The number of nitrogen functional groups attached to an aromatic ring is 1. The maximum atomic E-state index is 9.05. The Labute approximate surface area is 104 Å². The van der Waals surface area contributed by atoms with Crippen molar-refractivity contribution in [1.29, 1.82) is 0 Å². The lowest BCUT2D eigenvalue weighted by Gasteiger charge is -2.12. The van der Waals surface area contributed by atoms with Crippen molar-refractivity contribution >= 4 is 29.5 Å². The Hall–Kier alpha value is -1.31. The van der Waals surface area contributed by atoms with Gasteiger partial charge >= 0.3 is 0 Å². The van der Waals surface area contributed by atoms with Crippen molar-refractivity contribution in [3.8, 4) is 0 Å². The summed E-state index contributed by atoms with van der Waals surface area (Å²) in [6.07, 6.45) is 3.28. The van der Waals surface area contributed by atoms with Gasteiger partial charge in [-0.3, -0.25) is 0 Å². The van der Waals surface area contributed by atoms with Gasteiger partial charge in [-0.15, -0.1) is 0 Å². The summed E-state index contributed by atoms with van der Waals surface area (Å²) in [7, 11) is 0. The fourth-order valence-electron chi connectivity index (χ4n) is 1.59. The molecular formula is C10H15N5OS. The van der Waals surface area contributed by atoms with Gasteiger partial charge in [0.15, 0.2) is 5.82 Å². The van der Waals surface area contributed by atoms with E-state index in [4.69, 9.17) is 10.8 Å². The van der Waals surface area contributed by atoms with E-state index in [1.807, 2.05) is 6.20 Å². The van der Waals surface area contributed by atoms with Gasteiger partial charge in [0.1, 0.15) is 11.8 Å². The molecule has 2 heterocycles. The maximum Gasteiger partial charge on any atom is 0.151 e. The Morgan fingerprint density at radius 3 is 3.06 bits per heavy atom. The van der Waals surface area contributed by atoms with Crippen LogP contribution in [0.2, 0.25) is 0 Å². The van der Waals surface area contributed by atoms with Gasteiger partial charge in [-0.05, 0) is 0 Å². The Kier molecular flexibility index (Phi) is 3.82. The van der Waals surface area contributed by atoms with Crippen LogP contribution in [0.5, 0.6) is 0 Å². The van der Waals surface area contributed by atoms with Crippen molar-refractivity contribution in [1.82, 2.24) is 20.3 Å². The van der Waals surface area contributed by atoms with Crippen LogP contribution < -0.4 is 11.1 Å². The van der Waals surface area contributed by atoms with E-state index in [2.05, 4.69) is 32.9 Å². The summed E-state index contributed by atoms with van der Waals surface area (Å²) in [4.78, 5) is 11.1. The highest BCUT2D eigenvalue weighted by Gasteiger charge is 2.10. The molecule has 0 spiro atoms. The molecular weight excluding hydrogens is 238 g/mol. The number of aromatic amines is 1. The molecule has 0 aliphatic carbocycles. The summed E-state index contributed by atoms with van der Waals surface area (Å²) in [5, 5.41) is 12.2. The number of nitrogens with one attached hydrogen (secondary N) is 2. The molecule has 0 aromatic carbocycles. The van der Waals surface area contributed by atoms with Crippen LogP contribution >= 0.6 is 12.6 Å². The molecule has 0 aliphatic heterocycles. The van der Waals surface area contributed by atoms with E-state index in [1.54, 1.807) is 0 Å². The number of hydrogen-bond donors (Lipinski definition) is 5. The van der Waals surface area contributed by atoms with Crippen molar-refractivity contribution in [2.45, 2.75) is 12.6 Å². The number of anilines is 1. The minimum atomic E-state index is -0.0255. The third-order valence-corrected chi connectivity index (χ3v) is 3.03. The van der Waals surface area contributed by atoms with Gasteiger partial charge in [-0.2, -0.15) is 12.6 Å². The Balaban J connectivity index is 2.17. The second-order valence-electron chi connectivity index (χ2n) is 3.74. The minimum Gasteiger partial charge on any atom is -0.395 e. The summed E-state index contributed by atoms with van der Waals surface area (Å²) in [5.74, 6) is 1.02. The lowest BCUT2D eigenvalue weighted by atomic mass is 10.2. The van der Waals surface area contributed by atoms with Gasteiger partial charge in [-0.25, -0.2) is 9.97 Å². The second kappa shape index (κ2) is 5.35. The van der Waals surface area contributed by atoms with E-state index in [1.165, 1.54) is 6.33 Å². The van der Waals surface area contributed by atoms with Gasteiger partial charge in [0.05, 0.1) is 12.1 Å². The molecule has 7 heteroatoms. The second-order valence-corrected chi connectivity index (χ2v) is 4.10. The molecule has 6 nitrogen and oxygen atoms in total. The zero-order chi connectivity index (χ0) is 12.3. The molecule has 0 saturated carbocycles. The molecule has 92 valence electrons. The number of nitrogens with two attached hydrogens (primary N) is 1. The third-order valence-electron chi connectivity index (χ3n) is 2.59. The highest BCUT2D eigenvalue weighted by molar-refractivity contribution is 7.80. The molecule has 0 saturated heterocycles. The van der Waals surface area contributed by atoms with Crippen LogP contribution in [0, 0.1) is 0 Å². The molecule has 2 aromatic rings. The molecule has 0 radical (unpaired) electrons. The Bertz CT molecular complexity index is 496. The van der Waals surface area contributed by atoms with Crippen LogP contribution in [0.25, 0.3) is 11.0 Å². The lowest BCUT2D eigenvalue weighted by Crippen LogP contribution is -2.33. The van der Waals surface area contributed by atoms with Crippen LogP contribution in [-0.4, -0.2) is 38.5 Å². The molecule has 0 bridgehead atoms. The SMILES string of the molecule is Nc1ncnc2c(CN[C@H](CO)CS)c[nH]c12. The van der Waals surface area contributed by atoms with E-state index in [9.17, 15) is 0 Å². The summed E-state index contributed by atoms with van der Waals surface area (Å²) in [5.41, 5.74) is 8.27. The molecule has 0 aliphatic rings. The standard InChI is InChI=1S/C10H15N5OS/c11-10-9-8(14-5-15-10)6(2-13-9)1-12-7(3-16)4-17/h2,5,7,12-13,16-17H,1,3-4H2,(H2,11,14,15)/t7-/m1/s1. The fraction of sp³-hybridized carbons (Fsp3) is 0.400. The van der Waals surface area contributed by atoms with E-state index >= 15 is 0 Å². The number of fused-ring (bicyclic) bond motifs is 1. The van der Waals surface area contributed by atoms with Crippen molar-refractivity contribution in [2.75, 3.05) is 18.1 Å². The van der Waals surface area contributed by atoms with Crippen LogP contribution in [0.4, 0.5) is 5.82 Å². The third kappa shape index (κ3) is 2.51. The molecule has 0 fully saturated rings. The first kappa shape index (κ1) is 12.2. The highest BCUT2D eigenvalue weighted by Crippen LogP contribution is 2.18. The first-order chi connectivity index (χ1) is 8.26. The molecule has 5 N–H and O–H groups in total. The lowest BCUT2D eigenvalue weighted by molar-refractivity contribution is 0.253. The summed E-state index contributed by atoms with van der Waals surface area (Å²) >= 11 is 4.14. The molecule has 17 heavy (non-hydrogen) atoms. The highest BCUT2D eigenvalue weighted by atomic mass is 32.1. The van der Waals surface area contributed by atoms with Crippen molar-refractivity contribution in [3.05, 3.63) is 18.1 Å². The monoisotopic (exact) mass is 253 g/mol. The zero-order valence-electron chi connectivity index (χ0n) is 9.22.